The van der Waals surface area contributed by atoms with Gasteiger partial charge in [0.1, 0.15) is 0 Å². The van der Waals surface area contributed by atoms with Gasteiger partial charge in [0.15, 0.2) is 0 Å². The van der Waals surface area contributed by atoms with Crippen LogP contribution in [-0.2, 0) is 21.4 Å². The molecule has 124 valence electrons. The molecular weight excluding hydrogens is 316 g/mol. The van der Waals surface area contributed by atoms with E-state index >= 15 is 0 Å². The smallest absolute Gasteiger partial charge is 0.240 e. The molecule has 7 nitrogen and oxygen atoms in total. The summed E-state index contributed by atoms with van der Waals surface area (Å²) in [6.07, 6.45) is 4.32. The van der Waals surface area contributed by atoms with Crippen LogP contribution in [-0.4, -0.2) is 30.7 Å². The van der Waals surface area contributed by atoms with Crippen molar-refractivity contribution in [2.45, 2.75) is 31.7 Å². The Labute approximate surface area is 135 Å². The third-order valence-electron chi connectivity index (χ3n) is 3.10. The molecule has 0 aliphatic carbocycles. The highest BCUT2D eigenvalue weighted by Gasteiger charge is 2.13. The van der Waals surface area contributed by atoms with E-state index in [0.717, 1.165) is 5.56 Å². The molecule has 2 aromatic rings. The van der Waals surface area contributed by atoms with Crippen molar-refractivity contribution in [1.82, 2.24) is 14.5 Å². The molecule has 0 radical (unpaired) electrons. The summed E-state index contributed by atoms with van der Waals surface area (Å²) in [4.78, 5) is 11.1. The van der Waals surface area contributed by atoms with Gasteiger partial charge in [-0.3, -0.25) is 9.48 Å². The standard InChI is InChI=1S/C15H20N4O3S/c1-12-10-16-19(11-12)9-3-8-17-23(21,22)15-6-4-14(5-7-15)18-13(2)20/h4-7,10-11,17H,3,8-9H2,1-2H3,(H,18,20). The third kappa shape index (κ3) is 5.19. The monoisotopic (exact) mass is 336 g/mol. The van der Waals surface area contributed by atoms with Gasteiger partial charge in [-0.2, -0.15) is 5.10 Å². The van der Waals surface area contributed by atoms with Gasteiger partial charge in [0.05, 0.1) is 11.1 Å². The van der Waals surface area contributed by atoms with E-state index in [9.17, 15) is 13.2 Å². The molecule has 0 atom stereocenters. The molecule has 1 amide bonds. The van der Waals surface area contributed by atoms with Gasteiger partial charge in [-0.1, -0.05) is 0 Å². The van der Waals surface area contributed by atoms with E-state index in [1.165, 1.54) is 19.1 Å². The van der Waals surface area contributed by atoms with Crippen LogP contribution in [0.2, 0.25) is 0 Å². The number of sulfonamides is 1. The molecule has 0 bridgehead atoms. The Balaban J connectivity index is 1.87. The summed E-state index contributed by atoms with van der Waals surface area (Å²) in [5.74, 6) is -0.201. The first-order valence-electron chi connectivity index (χ1n) is 7.23. The lowest BCUT2D eigenvalue weighted by atomic mass is 10.3. The third-order valence-corrected chi connectivity index (χ3v) is 4.58. The molecule has 8 heteroatoms. The average Bonchev–Trinajstić information content (AvgIpc) is 2.89. The van der Waals surface area contributed by atoms with Gasteiger partial charge in [-0.15, -0.1) is 0 Å². The molecule has 0 saturated heterocycles. The van der Waals surface area contributed by atoms with E-state index in [1.807, 2.05) is 13.1 Å². The van der Waals surface area contributed by atoms with E-state index in [1.54, 1.807) is 23.0 Å². The van der Waals surface area contributed by atoms with Crippen molar-refractivity contribution < 1.29 is 13.2 Å². The summed E-state index contributed by atoms with van der Waals surface area (Å²) in [6, 6.07) is 6.04. The highest BCUT2D eigenvalue weighted by molar-refractivity contribution is 7.89. The van der Waals surface area contributed by atoms with E-state index in [0.29, 0.717) is 25.2 Å². The predicted octanol–water partition coefficient (Wildman–Crippen LogP) is 1.52. The number of nitrogens with zero attached hydrogens (tertiary/aromatic N) is 2. The highest BCUT2D eigenvalue weighted by atomic mass is 32.2. The number of anilines is 1. The van der Waals surface area contributed by atoms with Crippen LogP contribution in [0, 0.1) is 6.92 Å². The summed E-state index contributed by atoms with van der Waals surface area (Å²) in [5, 5.41) is 6.74. The molecule has 0 aliphatic rings. The van der Waals surface area contributed by atoms with Crippen molar-refractivity contribution in [1.29, 1.82) is 0 Å². The molecule has 2 N–H and O–H groups in total. The first-order valence-corrected chi connectivity index (χ1v) is 8.71. The van der Waals surface area contributed by atoms with Crippen LogP contribution < -0.4 is 10.0 Å². The number of amides is 1. The minimum Gasteiger partial charge on any atom is -0.326 e. The number of nitrogens with one attached hydrogen (secondary N) is 2. The number of rotatable bonds is 7. The number of hydrogen-bond acceptors (Lipinski definition) is 4. The maximum Gasteiger partial charge on any atom is 0.240 e. The van der Waals surface area contributed by atoms with E-state index < -0.39 is 10.0 Å². The molecule has 2 rings (SSSR count). The Morgan fingerprint density at radius 1 is 1.26 bits per heavy atom. The fourth-order valence-corrected chi connectivity index (χ4v) is 3.11. The van der Waals surface area contributed by atoms with Crippen molar-refractivity contribution in [2.24, 2.45) is 0 Å². The minimum absolute atomic E-state index is 0.168. The topological polar surface area (TPSA) is 93.1 Å². The van der Waals surface area contributed by atoms with Crippen molar-refractivity contribution in [2.75, 3.05) is 11.9 Å². The van der Waals surface area contributed by atoms with Crippen molar-refractivity contribution >= 4 is 21.6 Å². The number of aryl methyl sites for hydroxylation is 2. The summed E-state index contributed by atoms with van der Waals surface area (Å²) < 4.78 is 28.7. The number of carbonyl (C=O) groups is 1. The molecule has 1 aromatic carbocycles. The van der Waals surface area contributed by atoms with Gasteiger partial charge >= 0.3 is 0 Å². The summed E-state index contributed by atoms with van der Waals surface area (Å²) >= 11 is 0. The number of aromatic nitrogens is 2. The Morgan fingerprint density at radius 3 is 2.52 bits per heavy atom. The number of carbonyl (C=O) groups excluding carboxylic acids is 1. The summed E-state index contributed by atoms with van der Waals surface area (Å²) in [7, 11) is -3.55. The molecule has 23 heavy (non-hydrogen) atoms. The first-order chi connectivity index (χ1) is 10.9. The minimum atomic E-state index is -3.55. The van der Waals surface area contributed by atoms with Crippen LogP contribution in [0.25, 0.3) is 0 Å². The normalized spacial score (nSPS) is 11.4. The van der Waals surface area contributed by atoms with Crippen LogP contribution in [0.15, 0.2) is 41.6 Å². The van der Waals surface area contributed by atoms with Gasteiger partial charge in [0.25, 0.3) is 0 Å². The molecule has 0 aliphatic heterocycles. The van der Waals surface area contributed by atoms with Gasteiger partial charge in [-0.25, -0.2) is 13.1 Å². The lowest BCUT2D eigenvalue weighted by molar-refractivity contribution is -0.114. The maximum absolute atomic E-state index is 12.2. The van der Waals surface area contributed by atoms with Gasteiger partial charge in [0.2, 0.25) is 15.9 Å². The molecule has 0 spiro atoms. The number of benzene rings is 1. The van der Waals surface area contributed by atoms with Crippen LogP contribution in [0.3, 0.4) is 0 Å². The van der Waals surface area contributed by atoms with Crippen LogP contribution >= 0.6 is 0 Å². The quantitative estimate of drug-likeness (QED) is 0.750. The molecule has 1 heterocycles. The lowest BCUT2D eigenvalue weighted by Gasteiger charge is -2.08. The van der Waals surface area contributed by atoms with Crippen molar-refractivity contribution in [3.8, 4) is 0 Å². The Morgan fingerprint density at radius 2 is 1.96 bits per heavy atom. The van der Waals surface area contributed by atoms with E-state index in [2.05, 4.69) is 15.1 Å². The average molecular weight is 336 g/mol. The fourth-order valence-electron chi connectivity index (χ4n) is 2.04. The second kappa shape index (κ2) is 7.38. The second-order valence-corrected chi connectivity index (χ2v) is 7.00. The van der Waals surface area contributed by atoms with E-state index in [-0.39, 0.29) is 10.8 Å². The Kier molecular flexibility index (Phi) is 5.51. The Bertz CT molecular complexity index is 766. The molecule has 0 fully saturated rings. The predicted molar refractivity (Wildman–Crippen MR) is 87.5 cm³/mol. The maximum atomic E-state index is 12.2. The molecule has 1 aromatic heterocycles. The van der Waals surface area contributed by atoms with Crippen LogP contribution in [0.4, 0.5) is 5.69 Å². The lowest BCUT2D eigenvalue weighted by Crippen LogP contribution is -2.25. The SMILES string of the molecule is CC(=O)Nc1ccc(S(=O)(=O)NCCCn2cc(C)cn2)cc1. The zero-order valence-electron chi connectivity index (χ0n) is 13.1. The second-order valence-electron chi connectivity index (χ2n) is 5.24. The van der Waals surface area contributed by atoms with Crippen LogP contribution in [0.1, 0.15) is 18.9 Å². The van der Waals surface area contributed by atoms with E-state index in [4.69, 9.17) is 0 Å². The van der Waals surface area contributed by atoms with Crippen molar-refractivity contribution in [3.05, 3.63) is 42.2 Å². The van der Waals surface area contributed by atoms with Gasteiger partial charge in [0, 0.05) is 31.9 Å². The summed E-state index contributed by atoms with van der Waals surface area (Å²) in [5.41, 5.74) is 1.63. The largest absolute Gasteiger partial charge is 0.326 e. The Hall–Kier alpha value is -2.19. The van der Waals surface area contributed by atoms with Crippen molar-refractivity contribution in [3.63, 3.8) is 0 Å². The summed E-state index contributed by atoms with van der Waals surface area (Å²) in [6.45, 7) is 4.33. The number of hydrogen-bond donors (Lipinski definition) is 2. The van der Waals surface area contributed by atoms with Gasteiger partial charge in [-0.05, 0) is 43.2 Å². The zero-order chi connectivity index (χ0) is 16.9. The highest BCUT2D eigenvalue weighted by Crippen LogP contribution is 2.13. The van der Waals surface area contributed by atoms with Gasteiger partial charge < -0.3 is 5.32 Å². The molecule has 0 saturated carbocycles. The zero-order valence-corrected chi connectivity index (χ0v) is 13.9. The first kappa shape index (κ1) is 17.2. The molecule has 0 unspecified atom stereocenters. The molecular formula is C15H20N4O3S. The van der Waals surface area contributed by atoms with Crippen LogP contribution in [0.5, 0.6) is 0 Å². The fraction of sp³-hybridized carbons (Fsp3) is 0.333.